The number of hydrogen-bond acceptors (Lipinski definition) is 4. The zero-order valence-corrected chi connectivity index (χ0v) is 12.4. The number of carbonyl (C=O) groups excluding carboxylic acids is 1. The third kappa shape index (κ3) is 2.44. The van der Waals surface area contributed by atoms with Gasteiger partial charge < -0.3 is 14.6 Å². The fourth-order valence-corrected chi connectivity index (χ4v) is 2.52. The van der Waals surface area contributed by atoms with E-state index >= 15 is 0 Å². The Morgan fingerprint density at radius 2 is 2.09 bits per heavy atom. The van der Waals surface area contributed by atoms with Crippen LogP contribution in [0.4, 0.5) is 0 Å². The lowest BCUT2D eigenvalue weighted by molar-refractivity contribution is 0.100. The normalized spacial score (nSPS) is 15.4. The first-order chi connectivity index (χ1) is 10.6. The van der Waals surface area contributed by atoms with Crippen molar-refractivity contribution in [2.24, 2.45) is 0 Å². The van der Waals surface area contributed by atoms with Crippen molar-refractivity contribution in [3.05, 3.63) is 58.7 Å². The van der Waals surface area contributed by atoms with Gasteiger partial charge in [-0.1, -0.05) is 18.2 Å². The zero-order valence-electron chi connectivity index (χ0n) is 12.4. The molecule has 0 aromatic heterocycles. The number of hydrogen-bond donors (Lipinski definition) is 1. The van der Waals surface area contributed by atoms with Crippen LogP contribution in [0, 0.1) is 6.92 Å². The molecule has 1 N–H and O–H groups in total. The second-order valence-electron chi connectivity index (χ2n) is 5.17. The maximum Gasteiger partial charge on any atom is 0.196 e. The van der Waals surface area contributed by atoms with Crippen LogP contribution in [0.3, 0.4) is 0 Å². The number of rotatable bonds is 2. The quantitative estimate of drug-likeness (QED) is 0.863. The fourth-order valence-electron chi connectivity index (χ4n) is 2.52. The summed E-state index contributed by atoms with van der Waals surface area (Å²) in [4.78, 5) is 12.5. The summed E-state index contributed by atoms with van der Waals surface area (Å²) in [5.74, 6) is 1.05. The van der Waals surface area contributed by atoms with Crippen molar-refractivity contribution >= 4 is 11.9 Å². The summed E-state index contributed by atoms with van der Waals surface area (Å²) in [6.07, 6.45) is 1.73. The highest BCUT2D eigenvalue weighted by Crippen LogP contribution is 2.32. The molecule has 0 aliphatic carbocycles. The van der Waals surface area contributed by atoms with Crippen LogP contribution in [0.15, 0.2) is 42.0 Å². The maximum atomic E-state index is 12.5. The number of aryl methyl sites for hydroxylation is 1. The van der Waals surface area contributed by atoms with Gasteiger partial charge in [-0.25, -0.2) is 0 Å². The standard InChI is InChI=1S/C18H16O4/c1-11-4-3-5-14-17(20)13(10-22-18(11)14)8-12-6-7-16(21-2)15(19)9-12/h3-9,19H,10H2,1-2H3. The molecule has 22 heavy (non-hydrogen) atoms. The minimum atomic E-state index is -0.0414. The largest absolute Gasteiger partial charge is 0.504 e. The number of aromatic hydroxyl groups is 1. The molecule has 0 saturated carbocycles. The second kappa shape index (κ2) is 5.56. The Balaban J connectivity index is 1.96. The molecule has 0 fully saturated rings. The molecule has 1 heterocycles. The van der Waals surface area contributed by atoms with Gasteiger partial charge in [-0.05, 0) is 42.3 Å². The van der Waals surface area contributed by atoms with Crippen molar-refractivity contribution < 1.29 is 19.4 Å². The molecule has 2 aromatic carbocycles. The molecular formula is C18H16O4. The van der Waals surface area contributed by atoms with Gasteiger partial charge >= 0.3 is 0 Å². The van der Waals surface area contributed by atoms with E-state index in [0.29, 0.717) is 22.6 Å². The van der Waals surface area contributed by atoms with Crippen molar-refractivity contribution in [2.75, 3.05) is 13.7 Å². The minimum absolute atomic E-state index is 0.0391. The highest BCUT2D eigenvalue weighted by atomic mass is 16.5. The molecule has 1 aliphatic heterocycles. The van der Waals surface area contributed by atoms with Gasteiger partial charge in [0.1, 0.15) is 12.4 Å². The van der Waals surface area contributed by atoms with Gasteiger partial charge in [-0.2, -0.15) is 0 Å². The lowest BCUT2D eigenvalue weighted by atomic mass is 9.96. The van der Waals surface area contributed by atoms with E-state index < -0.39 is 0 Å². The molecule has 0 spiro atoms. The highest BCUT2D eigenvalue weighted by Gasteiger charge is 2.24. The van der Waals surface area contributed by atoms with E-state index in [0.717, 1.165) is 11.1 Å². The average molecular weight is 296 g/mol. The Hall–Kier alpha value is -2.75. The topological polar surface area (TPSA) is 55.8 Å². The summed E-state index contributed by atoms with van der Waals surface area (Å²) >= 11 is 0. The Morgan fingerprint density at radius 1 is 1.27 bits per heavy atom. The predicted molar refractivity (Wildman–Crippen MR) is 83.6 cm³/mol. The van der Waals surface area contributed by atoms with E-state index in [-0.39, 0.29) is 18.1 Å². The highest BCUT2D eigenvalue weighted by molar-refractivity contribution is 6.14. The van der Waals surface area contributed by atoms with Crippen LogP contribution in [0.5, 0.6) is 17.2 Å². The van der Waals surface area contributed by atoms with Crippen LogP contribution in [0.25, 0.3) is 6.08 Å². The summed E-state index contributed by atoms with van der Waals surface area (Å²) < 4.78 is 10.7. The lowest BCUT2D eigenvalue weighted by Crippen LogP contribution is -2.19. The SMILES string of the molecule is COc1ccc(C=C2COc3c(C)cccc3C2=O)cc1O. The third-order valence-corrected chi connectivity index (χ3v) is 3.66. The van der Waals surface area contributed by atoms with Crippen molar-refractivity contribution in [1.82, 2.24) is 0 Å². The number of phenols is 1. The Bertz CT molecular complexity index is 775. The lowest BCUT2D eigenvalue weighted by Gasteiger charge is -2.20. The smallest absolute Gasteiger partial charge is 0.196 e. The van der Waals surface area contributed by atoms with Crippen LogP contribution in [-0.2, 0) is 0 Å². The van der Waals surface area contributed by atoms with Gasteiger partial charge in [-0.3, -0.25) is 4.79 Å². The van der Waals surface area contributed by atoms with Crippen molar-refractivity contribution in [3.63, 3.8) is 0 Å². The van der Waals surface area contributed by atoms with Crippen molar-refractivity contribution in [2.45, 2.75) is 6.92 Å². The zero-order chi connectivity index (χ0) is 15.7. The summed E-state index contributed by atoms with van der Waals surface area (Å²) in [6, 6.07) is 10.5. The number of benzene rings is 2. The molecule has 1 aliphatic rings. The molecular weight excluding hydrogens is 280 g/mol. The van der Waals surface area contributed by atoms with Crippen LogP contribution in [0.1, 0.15) is 21.5 Å². The summed E-state index contributed by atoms with van der Waals surface area (Å²) in [5.41, 5.74) is 2.81. The number of Topliss-reactive ketones (excluding diaryl/α,β-unsaturated/α-hetero) is 1. The molecule has 0 radical (unpaired) electrons. The number of ether oxygens (including phenoxy) is 2. The molecule has 0 amide bonds. The molecule has 112 valence electrons. The van der Waals surface area contributed by atoms with E-state index in [9.17, 15) is 9.90 Å². The molecule has 0 saturated heterocycles. The molecule has 0 atom stereocenters. The number of para-hydroxylation sites is 1. The number of methoxy groups -OCH3 is 1. The molecule has 4 heteroatoms. The molecule has 3 rings (SSSR count). The van der Waals surface area contributed by atoms with Crippen LogP contribution in [0.2, 0.25) is 0 Å². The third-order valence-electron chi connectivity index (χ3n) is 3.66. The van der Waals surface area contributed by atoms with Crippen LogP contribution in [-0.4, -0.2) is 24.6 Å². The second-order valence-corrected chi connectivity index (χ2v) is 5.17. The number of phenolic OH excluding ortho intramolecular Hbond substituents is 1. The Kier molecular flexibility index (Phi) is 3.59. The first-order valence-corrected chi connectivity index (χ1v) is 6.95. The minimum Gasteiger partial charge on any atom is -0.504 e. The van der Waals surface area contributed by atoms with Gasteiger partial charge in [-0.15, -0.1) is 0 Å². The molecule has 4 nitrogen and oxygen atoms in total. The van der Waals surface area contributed by atoms with E-state index in [4.69, 9.17) is 9.47 Å². The van der Waals surface area contributed by atoms with Gasteiger partial charge in [0.25, 0.3) is 0 Å². The van der Waals surface area contributed by atoms with E-state index in [2.05, 4.69) is 0 Å². The first-order valence-electron chi connectivity index (χ1n) is 6.95. The molecule has 0 bridgehead atoms. The maximum absolute atomic E-state index is 12.5. The van der Waals surface area contributed by atoms with Gasteiger partial charge in [0, 0.05) is 5.57 Å². The van der Waals surface area contributed by atoms with Crippen LogP contribution >= 0.6 is 0 Å². The van der Waals surface area contributed by atoms with Gasteiger partial charge in [0.2, 0.25) is 0 Å². The van der Waals surface area contributed by atoms with Crippen LogP contribution < -0.4 is 9.47 Å². The molecule has 2 aromatic rings. The number of ketones is 1. The number of carbonyl (C=O) groups is 1. The average Bonchev–Trinajstić information content (AvgIpc) is 2.51. The monoisotopic (exact) mass is 296 g/mol. The molecule has 0 unspecified atom stereocenters. The fraction of sp³-hybridized carbons (Fsp3) is 0.167. The first kappa shape index (κ1) is 14.2. The van der Waals surface area contributed by atoms with E-state index in [1.165, 1.54) is 7.11 Å². The van der Waals surface area contributed by atoms with Crippen molar-refractivity contribution in [3.8, 4) is 17.2 Å². The Morgan fingerprint density at radius 3 is 2.82 bits per heavy atom. The number of fused-ring (bicyclic) bond motifs is 1. The van der Waals surface area contributed by atoms with E-state index in [1.807, 2.05) is 19.1 Å². The van der Waals surface area contributed by atoms with E-state index in [1.54, 1.807) is 30.3 Å². The summed E-state index contributed by atoms with van der Waals surface area (Å²) in [5, 5.41) is 9.81. The van der Waals surface area contributed by atoms with Gasteiger partial charge in [0.15, 0.2) is 17.3 Å². The van der Waals surface area contributed by atoms with Crippen molar-refractivity contribution in [1.29, 1.82) is 0 Å². The Labute approximate surface area is 128 Å². The summed E-state index contributed by atoms with van der Waals surface area (Å²) in [6.45, 7) is 2.14. The predicted octanol–water partition coefficient (Wildman–Crippen LogP) is 3.37. The van der Waals surface area contributed by atoms with Gasteiger partial charge in [0.05, 0.1) is 12.7 Å². The summed E-state index contributed by atoms with van der Waals surface area (Å²) in [7, 11) is 1.49.